The smallest absolute Gasteiger partial charge is 0.163 e. The fourth-order valence-corrected chi connectivity index (χ4v) is 1.68. The average molecular weight is 297 g/mol. The summed E-state index contributed by atoms with van der Waals surface area (Å²) in [6.45, 7) is 0.904. The molecule has 0 amide bonds. The predicted molar refractivity (Wildman–Crippen MR) is 73.5 cm³/mol. The molecule has 0 aliphatic carbocycles. The van der Waals surface area contributed by atoms with Gasteiger partial charge in [0.05, 0.1) is 33.0 Å². The first kappa shape index (κ1) is 18.8. The molecule has 0 aliphatic rings. The minimum absolute atomic E-state index is 0.00297. The van der Waals surface area contributed by atoms with Crippen LogP contribution in [0.5, 0.6) is 0 Å². The van der Waals surface area contributed by atoms with Crippen molar-refractivity contribution in [2.45, 2.75) is 38.2 Å². The number of unbranched alkanes of at least 4 members (excludes halogenated alkanes) is 3. The number of hydrogen-bond acceptors (Lipinski definition) is 5. The number of hydrogen-bond donors (Lipinski definition) is 2. The van der Waals surface area contributed by atoms with Crippen LogP contribution >= 0.6 is 11.6 Å². The Balaban J connectivity index is 3.38. The maximum Gasteiger partial charge on any atom is 0.163 e. The summed E-state index contributed by atoms with van der Waals surface area (Å²) in [4.78, 5) is 11.5. The topological polar surface area (TPSA) is 76.0 Å². The molecule has 0 aromatic heterocycles. The van der Waals surface area contributed by atoms with E-state index in [4.69, 9.17) is 26.2 Å². The summed E-state index contributed by atoms with van der Waals surface area (Å²) in [7, 11) is 0. The standard InChI is InChI=1S/C13H25ClO5/c14-6-4-2-1-3-5-12(16)13(17)11-19-10-9-18-8-7-15/h13,15,17H,1-11H2. The van der Waals surface area contributed by atoms with Gasteiger partial charge in [-0.05, 0) is 12.8 Å². The van der Waals surface area contributed by atoms with Gasteiger partial charge < -0.3 is 19.7 Å². The van der Waals surface area contributed by atoms with Crippen LogP contribution in [0.2, 0.25) is 0 Å². The minimum atomic E-state index is -1.05. The van der Waals surface area contributed by atoms with Crippen molar-refractivity contribution in [2.75, 3.05) is 38.9 Å². The zero-order valence-corrected chi connectivity index (χ0v) is 12.1. The van der Waals surface area contributed by atoms with Crippen LogP contribution in [0, 0.1) is 0 Å². The van der Waals surface area contributed by atoms with E-state index in [-0.39, 0.29) is 25.6 Å². The maximum absolute atomic E-state index is 11.5. The molecule has 0 bridgehead atoms. The summed E-state index contributed by atoms with van der Waals surface area (Å²) in [5, 5.41) is 18.0. The first-order valence-corrected chi connectivity index (χ1v) is 7.29. The molecule has 2 N–H and O–H groups in total. The van der Waals surface area contributed by atoms with Crippen LogP contribution in [0.3, 0.4) is 0 Å². The number of halogens is 1. The monoisotopic (exact) mass is 296 g/mol. The molecule has 0 saturated carbocycles. The second kappa shape index (κ2) is 14.2. The van der Waals surface area contributed by atoms with Gasteiger partial charge in [-0.3, -0.25) is 4.79 Å². The Morgan fingerprint density at radius 2 is 1.74 bits per heavy atom. The SMILES string of the molecule is O=C(CCCCCCCl)C(O)COCCOCCO. The molecule has 0 aromatic rings. The van der Waals surface area contributed by atoms with E-state index in [1.807, 2.05) is 0 Å². The van der Waals surface area contributed by atoms with Gasteiger partial charge in [0.2, 0.25) is 0 Å². The van der Waals surface area contributed by atoms with Gasteiger partial charge >= 0.3 is 0 Å². The van der Waals surface area contributed by atoms with Crippen LogP contribution in [0.15, 0.2) is 0 Å². The van der Waals surface area contributed by atoms with E-state index in [1.54, 1.807) is 0 Å². The number of Topliss-reactive ketones (excluding diaryl/α,β-unsaturated/α-hetero) is 1. The van der Waals surface area contributed by atoms with Crippen LogP contribution < -0.4 is 0 Å². The van der Waals surface area contributed by atoms with Crippen LogP contribution in [-0.2, 0) is 14.3 Å². The van der Waals surface area contributed by atoms with Crippen molar-refractivity contribution in [1.29, 1.82) is 0 Å². The highest BCUT2D eigenvalue weighted by Gasteiger charge is 2.14. The Kier molecular flexibility index (Phi) is 14.1. The highest BCUT2D eigenvalue weighted by molar-refractivity contribution is 6.17. The van der Waals surface area contributed by atoms with Gasteiger partial charge in [-0.1, -0.05) is 12.8 Å². The maximum atomic E-state index is 11.5. The lowest BCUT2D eigenvalue weighted by molar-refractivity contribution is -0.130. The van der Waals surface area contributed by atoms with Crippen LogP contribution in [0.4, 0.5) is 0 Å². The van der Waals surface area contributed by atoms with Gasteiger partial charge in [-0.15, -0.1) is 11.6 Å². The highest BCUT2D eigenvalue weighted by atomic mass is 35.5. The number of carbonyl (C=O) groups is 1. The fraction of sp³-hybridized carbons (Fsp3) is 0.923. The Morgan fingerprint density at radius 3 is 2.42 bits per heavy atom. The summed E-state index contributed by atoms with van der Waals surface area (Å²) < 4.78 is 10.1. The molecule has 0 rings (SSSR count). The molecule has 19 heavy (non-hydrogen) atoms. The second-order valence-electron chi connectivity index (χ2n) is 4.25. The predicted octanol–water partition coefficient (Wildman–Crippen LogP) is 1.13. The quantitative estimate of drug-likeness (QED) is 0.371. The van der Waals surface area contributed by atoms with Gasteiger partial charge in [0, 0.05) is 12.3 Å². The molecular weight excluding hydrogens is 272 g/mol. The molecule has 6 heteroatoms. The average Bonchev–Trinajstić information content (AvgIpc) is 2.42. The van der Waals surface area contributed by atoms with E-state index < -0.39 is 6.10 Å². The molecular formula is C13H25ClO5. The second-order valence-corrected chi connectivity index (χ2v) is 4.62. The molecule has 1 atom stereocenters. The Morgan fingerprint density at radius 1 is 1.05 bits per heavy atom. The zero-order chi connectivity index (χ0) is 14.3. The molecule has 0 saturated heterocycles. The van der Waals surface area contributed by atoms with Crippen molar-refractivity contribution in [1.82, 2.24) is 0 Å². The third-order valence-electron chi connectivity index (χ3n) is 2.56. The molecule has 0 aliphatic heterocycles. The number of rotatable bonds is 14. The third kappa shape index (κ3) is 12.6. The molecule has 0 heterocycles. The molecule has 5 nitrogen and oxygen atoms in total. The normalized spacial score (nSPS) is 12.6. The number of aliphatic hydroxyl groups is 2. The van der Waals surface area contributed by atoms with Crippen LogP contribution in [-0.4, -0.2) is 61.0 Å². The van der Waals surface area contributed by atoms with Gasteiger partial charge in [0.25, 0.3) is 0 Å². The van der Waals surface area contributed by atoms with Crippen LogP contribution in [0.25, 0.3) is 0 Å². The van der Waals surface area contributed by atoms with Gasteiger partial charge in [-0.25, -0.2) is 0 Å². The lowest BCUT2D eigenvalue weighted by Crippen LogP contribution is -2.26. The van der Waals surface area contributed by atoms with E-state index in [1.165, 1.54) is 0 Å². The number of carbonyl (C=O) groups excluding carboxylic acids is 1. The fourth-order valence-electron chi connectivity index (χ4n) is 1.49. The first-order chi connectivity index (χ1) is 9.22. The number of ether oxygens (including phenoxy) is 2. The summed E-state index contributed by atoms with van der Waals surface area (Å²) in [6, 6.07) is 0. The zero-order valence-electron chi connectivity index (χ0n) is 11.4. The van der Waals surface area contributed by atoms with E-state index >= 15 is 0 Å². The molecule has 0 fully saturated rings. The van der Waals surface area contributed by atoms with E-state index in [9.17, 15) is 9.90 Å². The number of ketones is 1. The van der Waals surface area contributed by atoms with Crippen molar-refractivity contribution < 1.29 is 24.5 Å². The van der Waals surface area contributed by atoms with Crippen molar-refractivity contribution in [3.63, 3.8) is 0 Å². The summed E-state index contributed by atoms with van der Waals surface area (Å²) >= 11 is 5.55. The third-order valence-corrected chi connectivity index (χ3v) is 2.83. The molecule has 0 radical (unpaired) electrons. The largest absolute Gasteiger partial charge is 0.394 e. The first-order valence-electron chi connectivity index (χ1n) is 6.75. The number of alkyl halides is 1. The lowest BCUT2D eigenvalue weighted by atomic mass is 10.1. The Labute approximate surface area is 119 Å². The van der Waals surface area contributed by atoms with Gasteiger partial charge in [0.1, 0.15) is 6.10 Å². The summed E-state index contributed by atoms with van der Waals surface area (Å²) in [6.07, 6.45) is 3.06. The summed E-state index contributed by atoms with van der Waals surface area (Å²) in [5.74, 6) is 0.477. The minimum Gasteiger partial charge on any atom is -0.394 e. The Bertz CT molecular complexity index is 213. The number of aliphatic hydroxyl groups excluding tert-OH is 2. The van der Waals surface area contributed by atoms with E-state index in [0.717, 1.165) is 25.7 Å². The van der Waals surface area contributed by atoms with E-state index in [0.29, 0.717) is 25.5 Å². The van der Waals surface area contributed by atoms with Gasteiger partial charge in [-0.2, -0.15) is 0 Å². The highest BCUT2D eigenvalue weighted by Crippen LogP contribution is 2.06. The summed E-state index contributed by atoms with van der Waals surface area (Å²) in [5.41, 5.74) is 0. The van der Waals surface area contributed by atoms with E-state index in [2.05, 4.69) is 0 Å². The molecule has 0 aromatic carbocycles. The molecule has 114 valence electrons. The van der Waals surface area contributed by atoms with Crippen molar-refractivity contribution >= 4 is 17.4 Å². The van der Waals surface area contributed by atoms with Crippen molar-refractivity contribution in [3.05, 3.63) is 0 Å². The van der Waals surface area contributed by atoms with Gasteiger partial charge in [0.15, 0.2) is 5.78 Å². The van der Waals surface area contributed by atoms with Crippen molar-refractivity contribution in [3.8, 4) is 0 Å². The van der Waals surface area contributed by atoms with Crippen molar-refractivity contribution in [2.24, 2.45) is 0 Å². The lowest BCUT2D eigenvalue weighted by Gasteiger charge is -2.10. The molecule has 1 unspecified atom stereocenters. The van der Waals surface area contributed by atoms with Crippen LogP contribution in [0.1, 0.15) is 32.1 Å². The Hall–Kier alpha value is -0.200. The molecule has 0 spiro atoms.